The minimum atomic E-state index is -2.47. The summed E-state index contributed by atoms with van der Waals surface area (Å²) in [7, 11) is 0. The number of aliphatic hydroxyl groups is 3. The second-order valence-electron chi connectivity index (χ2n) is 5.27. The van der Waals surface area contributed by atoms with Gasteiger partial charge in [0, 0.05) is 17.7 Å². The zero-order valence-corrected chi connectivity index (χ0v) is 11.6. The third-order valence-electron chi connectivity index (χ3n) is 3.76. The molecule has 0 aromatic heterocycles. The van der Waals surface area contributed by atoms with Crippen molar-refractivity contribution < 1.29 is 40.5 Å². The van der Waals surface area contributed by atoms with E-state index in [1.807, 2.05) is 0 Å². The summed E-state index contributed by atoms with van der Waals surface area (Å²) in [6.45, 7) is 0. The first-order valence-corrected chi connectivity index (χ1v) is 6.60. The zero-order chi connectivity index (χ0) is 16.9. The molecule has 0 radical (unpaired) electrons. The van der Waals surface area contributed by atoms with Gasteiger partial charge < -0.3 is 40.5 Å². The first-order valence-electron chi connectivity index (χ1n) is 6.60. The van der Waals surface area contributed by atoms with Crippen LogP contribution in [-0.4, -0.2) is 41.8 Å². The first kappa shape index (κ1) is 15.2. The summed E-state index contributed by atoms with van der Waals surface area (Å²) in [5.74, 6) is -4.61. The summed E-state index contributed by atoms with van der Waals surface area (Å²) in [5.41, 5.74) is -0.337. The van der Waals surface area contributed by atoms with E-state index in [4.69, 9.17) is 4.74 Å². The predicted molar refractivity (Wildman–Crippen MR) is 75.0 cm³/mol. The topological polar surface area (TPSA) is 151 Å². The van der Waals surface area contributed by atoms with E-state index < -0.39 is 35.2 Å². The van der Waals surface area contributed by atoms with Crippen LogP contribution in [0.15, 0.2) is 30.3 Å². The molecule has 122 valence electrons. The number of rotatable bonds is 1. The average molecular weight is 322 g/mol. The van der Waals surface area contributed by atoms with Crippen LogP contribution in [-0.2, 0) is 5.79 Å². The maximum atomic E-state index is 10.6. The Kier molecular flexibility index (Phi) is 3.25. The lowest BCUT2D eigenvalue weighted by Crippen LogP contribution is -2.50. The fourth-order valence-corrected chi connectivity index (χ4v) is 2.56. The van der Waals surface area contributed by atoms with E-state index in [1.54, 1.807) is 0 Å². The highest BCUT2D eigenvalue weighted by atomic mass is 16.6. The van der Waals surface area contributed by atoms with Crippen molar-refractivity contribution in [2.45, 2.75) is 18.0 Å². The summed E-state index contributed by atoms with van der Waals surface area (Å²) in [4.78, 5) is 0. The molecule has 3 rings (SSSR count). The van der Waals surface area contributed by atoms with Crippen LogP contribution in [0.2, 0.25) is 0 Å². The molecule has 8 nitrogen and oxygen atoms in total. The zero-order valence-electron chi connectivity index (χ0n) is 11.6. The Bertz CT molecular complexity index is 774. The summed E-state index contributed by atoms with van der Waals surface area (Å²) >= 11 is 0. The standard InChI is InChI=1S/C15H14O8/c16-7-4-10(19)12-11(5-7)23-15(22,14(21)13(12)20)6-1-2-8(17)9(18)3-6/h1-5,13-14,16-22H. The lowest BCUT2D eigenvalue weighted by Gasteiger charge is -2.41. The van der Waals surface area contributed by atoms with Crippen LogP contribution in [0.25, 0.3) is 0 Å². The van der Waals surface area contributed by atoms with Gasteiger partial charge in [0.15, 0.2) is 17.6 Å². The van der Waals surface area contributed by atoms with Crippen LogP contribution in [0.1, 0.15) is 17.2 Å². The second-order valence-corrected chi connectivity index (χ2v) is 5.27. The predicted octanol–water partition coefficient (Wildman–Crippen LogP) is 0.141. The number of phenols is 4. The highest BCUT2D eigenvalue weighted by Crippen LogP contribution is 2.49. The number of hydrogen-bond donors (Lipinski definition) is 7. The first-order chi connectivity index (χ1) is 10.7. The number of aliphatic hydroxyl groups excluding tert-OH is 2. The van der Waals surface area contributed by atoms with E-state index in [9.17, 15) is 35.7 Å². The van der Waals surface area contributed by atoms with Gasteiger partial charge in [-0.2, -0.15) is 0 Å². The van der Waals surface area contributed by atoms with Crippen LogP contribution in [0.4, 0.5) is 0 Å². The minimum Gasteiger partial charge on any atom is -0.508 e. The Balaban J connectivity index is 2.15. The molecule has 3 atom stereocenters. The monoisotopic (exact) mass is 322 g/mol. The van der Waals surface area contributed by atoms with E-state index in [1.165, 1.54) is 6.07 Å². The molecule has 0 aliphatic carbocycles. The molecule has 0 bridgehead atoms. The Labute approximate surface area is 129 Å². The maximum Gasteiger partial charge on any atom is 0.264 e. The SMILES string of the molecule is Oc1cc(O)c2c(c1)OC(O)(c1ccc(O)c(O)c1)C(O)C2O. The summed E-state index contributed by atoms with van der Waals surface area (Å²) in [6.07, 6.45) is -3.63. The molecular formula is C15H14O8. The van der Waals surface area contributed by atoms with Crippen molar-refractivity contribution in [3.8, 4) is 28.7 Å². The Hall–Kier alpha value is -2.68. The number of aromatic hydroxyl groups is 4. The van der Waals surface area contributed by atoms with Gasteiger partial charge in [-0.15, -0.1) is 0 Å². The van der Waals surface area contributed by atoms with E-state index in [0.717, 1.165) is 24.3 Å². The summed E-state index contributed by atoms with van der Waals surface area (Å²) < 4.78 is 5.28. The number of hydrogen-bond acceptors (Lipinski definition) is 8. The Morgan fingerprint density at radius 1 is 0.870 bits per heavy atom. The molecule has 0 saturated carbocycles. The fraction of sp³-hybridized carbons (Fsp3) is 0.200. The van der Waals surface area contributed by atoms with Gasteiger partial charge in [-0.3, -0.25) is 0 Å². The number of phenolic OH excluding ortho intramolecular Hbond substituents is 4. The van der Waals surface area contributed by atoms with E-state index >= 15 is 0 Å². The Morgan fingerprint density at radius 2 is 1.57 bits per heavy atom. The maximum absolute atomic E-state index is 10.6. The highest BCUT2D eigenvalue weighted by Gasteiger charge is 2.50. The Morgan fingerprint density at radius 3 is 2.22 bits per heavy atom. The van der Waals surface area contributed by atoms with E-state index in [2.05, 4.69) is 0 Å². The molecule has 1 heterocycles. The third kappa shape index (κ3) is 2.20. The molecule has 7 N–H and O–H groups in total. The molecule has 3 unspecified atom stereocenters. The van der Waals surface area contributed by atoms with Crippen molar-refractivity contribution in [1.82, 2.24) is 0 Å². The minimum absolute atomic E-state index is 0.146. The lowest BCUT2D eigenvalue weighted by atomic mass is 9.88. The van der Waals surface area contributed by atoms with Crippen molar-refractivity contribution in [2.75, 3.05) is 0 Å². The quantitative estimate of drug-likeness (QED) is 0.366. The van der Waals surface area contributed by atoms with Gasteiger partial charge in [0.1, 0.15) is 23.4 Å². The molecule has 0 amide bonds. The van der Waals surface area contributed by atoms with Gasteiger partial charge in [0.05, 0.1) is 5.56 Å². The molecule has 1 aliphatic heterocycles. The number of benzene rings is 2. The van der Waals surface area contributed by atoms with Crippen molar-refractivity contribution in [2.24, 2.45) is 0 Å². The molecule has 23 heavy (non-hydrogen) atoms. The normalized spacial score (nSPS) is 26.4. The smallest absolute Gasteiger partial charge is 0.264 e. The molecule has 2 aromatic rings. The lowest BCUT2D eigenvalue weighted by molar-refractivity contribution is -0.252. The molecule has 0 fully saturated rings. The second kappa shape index (κ2) is 4.92. The molecule has 0 spiro atoms. The average Bonchev–Trinajstić information content (AvgIpc) is 2.46. The van der Waals surface area contributed by atoms with E-state index in [0.29, 0.717) is 0 Å². The molecule has 2 aromatic carbocycles. The molecule has 0 saturated heterocycles. The summed E-state index contributed by atoms with van der Waals surface area (Å²) in [6, 6.07) is 5.21. The third-order valence-corrected chi connectivity index (χ3v) is 3.76. The van der Waals surface area contributed by atoms with Gasteiger partial charge in [0.2, 0.25) is 0 Å². The van der Waals surface area contributed by atoms with Crippen LogP contribution in [0.5, 0.6) is 28.7 Å². The van der Waals surface area contributed by atoms with Crippen LogP contribution >= 0.6 is 0 Å². The molecule has 1 aliphatic rings. The summed E-state index contributed by atoms with van der Waals surface area (Å²) in [5, 5.41) is 69.2. The van der Waals surface area contributed by atoms with Gasteiger partial charge in [-0.1, -0.05) is 0 Å². The van der Waals surface area contributed by atoms with Gasteiger partial charge in [-0.25, -0.2) is 0 Å². The highest BCUT2D eigenvalue weighted by molar-refractivity contribution is 5.53. The van der Waals surface area contributed by atoms with Gasteiger partial charge >= 0.3 is 0 Å². The number of fused-ring (bicyclic) bond motifs is 1. The molecular weight excluding hydrogens is 308 g/mol. The van der Waals surface area contributed by atoms with Crippen LogP contribution < -0.4 is 4.74 Å². The van der Waals surface area contributed by atoms with Crippen molar-refractivity contribution in [3.05, 3.63) is 41.5 Å². The van der Waals surface area contributed by atoms with Gasteiger partial charge in [-0.05, 0) is 18.2 Å². The van der Waals surface area contributed by atoms with Crippen molar-refractivity contribution in [1.29, 1.82) is 0 Å². The number of ether oxygens (including phenoxy) is 1. The van der Waals surface area contributed by atoms with Crippen LogP contribution in [0.3, 0.4) is 0 Å². The van der Waals surface area contributed by atoms with Crippen molar-refractivity contribution >= 4 is 0 Å². The molecule has 8 heteroatoms. The van der Waals surface area contributed by atoms with E-state index in [-0.39, 0.29) is 22.6 Å². The van der Waals surface area contributed by atoms with Gasteiger partial charge in [0.25, 0.3) is 5.79 Å². The largest absolute Gasteiger partial charge is 0.508 e. The fourth-order valence-electron chi connectivity index (χ4n) is 2.56. The van der Waals surface area contributed by atoms with Crippen molar-refractivity contribution in [3.63, 3.8) is 0 Å². The van der Waals surface area contributed by atoms with Crippen LogP contribution in [0, 0.1) is 0 Å².